The van der Waals surface area contributed by atoms with E-state index in [2.05, 4.69) is 4.98 Å². The fraction of sp³-hybridized carbons (Fsp3) is 0.250. The molecule has 1 aromatic heterocycles. The number of rotatable bonds is 1. The van der Waals surface area contributed by atoms with E-state index in [4.69, 9.17) is 5.11 Å². The van der Waals surface area contributed by atoms with E-state index in [0.717, 1.165) is 21.6 Å². The molecule has 1 aliphatic rings. The Hall–Kier alpha value is -2.17. The van der Waals surface area contributed by atoms with E-state index >= 15 is 0 Å². The number of nitrogens with zero attached hydrogens (tertiary/aromatic N) is 2. The second kappa shape index (κ2) is 4.37. The van der Waals surface area contributed by atoms with E-state index < -0.39 is 12.0 Å². The standard InChI is InChI=1S/C12H12N2O3/c1-8-2-4-13-7-10(8)9-3-5-14(12(16)17)11(15)6-9/h2,4,6-7H,3,5H2,1H3,(H,16,17). The first-order valence-corrected chi connectivity index (χ1v) is 5.25. The molecule has 2 heterocycles. The third-order valence-corrected chi connectivity index (χ3v) is 2.78. The molecule has 5 heteroatoms. The van der Waals surface area contributed by atoms with Gasteiger partial charge in [-0.2, -0.15) is 0 Å². The maximum atomic E-state index is 11.6. The maximum Gasteiger partial charge on any atom is 0.414 e. The van der Waals surface area contributed by atoms with E-state index in [1.165, 1.54) is 6.08 Å². The number of amides is 2. The lowest BCUT2D eigenvalue weighted by molar-refractivity contribution is -0.124. The predicted octanol–water partition coefficient (Wildman–Crippen LogP) is 1.68. The molecule has 88 valence electrons. The molecule has 1 N–H and O–H groups in total. The Bertz CT molecular complexity index is 508. The molecule has 0 spiro atoms. The van der Waals surface area contributed by atoms with Gasteiger partial charge in [0.25, 0.3) is 5.91 Å². The lowest BCUT2D eigenvalue weighted by atomic mass is 9.97. The van der Waals surface area contributed by atoms with Crippen LogP contribution in [0.1, 0.15) is 17.5 Å². The number of hydrogen-bond donors (Lipinski definition) is 1. The van der Waals surface area contributed by atoms with Gasteiger partial charge in [-0.15, -0.1) is 0 Å². The molecule has 0 radical (unpaired) electrons. The van der Waals surface area contributed by atoms with Crippen LogP contribution in [0.2, 0.25) is 0 Å². The molecular weight excluding hydrogens is 220 g/mol. The quantitative estimate of drug-likeness (QED) is 0.799. The van der Waals surface area contributed by atoms with E-state index in [0.29, 0.717) is 6.42 Å². The van der Waals surface area contributed by atoms with Gasteiger partial charge in [0.2, 0.25) is 0 Å². The summed E-state index contributed by atoms with van der Waals surface area (Å²) in [7, 11) is 0. The SMILES string of the molecule is Cc1ccncc1C1=CC(=O)N(C(=O)O)CC1. The first-order valence-electron chi connectivity index (χ1n) is 5.25. The summed E-state index contributed by atoms with van der Waals surface area (Å²) in [5, 5.41) is 8.78. The molecule has 2 rings (SSSR count). The number of pyridine rings is 1. The Morgan fingerprint density at radius 1 is 1.53 bits per heavy atom. The zero-order valence-electron chi connectivity index (χ0n) is 9.38. The zero-order chi connectivity index (χ0) is 12.4. The van der Waals surface area contributed by atoms with Crippen LogP contribution in [0.25, 0.3) is 5.57 Å². The van der Waals surface area contributed by atoms with E-state index in [1.807, 2.05) is 13.0 Å². The Morgan fingerprint density at radius 2 is 2.29 bits per heavy atom. The fourth-order valence-corrected chi connectivity index (χ4v) is 1.84. The Kier molecular flexibility index (Phi) is 2.91. The molecule has 0 atom stereocenters. The minimum absolute atomic E-state index is 0.203. The van der Waals surface area contributed by atoms with Crippen molar-refractivity contribution in [3.63, 3.8) is 0 Å². The topological polar surface area (TPSA) is 70.5 Å². The molecule has 0 aromatic carbocycles. The van der Waals surface area contributed by atoms with Crippen molar-refractivity contribution in [2.24, 2.45) is 0 Å². The molecule has 0 saturated heterocycles. The van der Waals surface area contributed by atoms with Gasteiger partial charge >= 0.3 is 6.09 Å². The fourth-order valence-electron chi connectivity index (χ4n) is 1.84. The van der Waals surface area contributed by atoms with E-state index in [-0.39, 0.29) is 6.54 Å². The number of aryl methyl sites for hydroxylation is 1. The van der Waals surface area contributed by atoms with E-state index in [1.54, 1.807) is 12.4 Å². The maximum absolute atomic E-state index is 11.6. The number of hydrogen-bond acceptors (Lipinski definition) is 3. The smallest absolute Gasteiger partial charge is 0.414 e. The van der Waals surface area contributed by atoms with Gasteiger partial charge in [-0.3, -0.25) is 9.78 Å². The first-order chi connectivity index (χ1) is 8.09. The number of carbonyl (C=O) groups excluding carboxylic acids is 1. The van der Waals surface area contributed by atoms with Crippen molar-refractivity contribution in [1.29, 1.82) is 0 Å². The van der Waals surface area contributed by atoms with Crippen LogP contribution in [0.15, 0.2) is 24.5 Å². The zero-order valence-corrected chi connectivity index (χ0v) is 9.38. The summed E-state index contributed by atoms with van der Waals surface area (Å²) in [6, 6.07) is 1.87. The highest BCUT2D eigenvalue weighted by Gasteiger charge is 2.24. The van der Waals surface area contributed by atoms with Gasteiger partial charge in [-0.1, -0.05) is 0 Å². The minimum atomic E-state index is -1.20. The third kappa shape index (κ3) is 2.18. The molecule has 5 nitrogen and oxygen atoms in total. The molecular formula is C12H12N2O3. The van der Waals surface area contributed by atoms with Crippen molar-refractivity contribution < 1.29 is 14.7 Å². The van der Waals surface area contributed by atoms with Gasteiger partial charge in [0.05, 0.1) is 0 Å². The van der Waals surface area contributed by atoms with Gasteiger partial charge in [0, 0.05) is 25.0 Å². The Balaban J connectivity index is 2.32. The summed E-state index contributed by atoms with van der Waals surface area (Å²) < 4.78 is 0. The van der Waals surface area contributed by atoms with Crippen molar-refractivity contribution in [3.8, 4) is 0 Å². The average Bonchev–Trinajstić information content (AvgIpc) is 2.29. The van der Waals surface area contributed by atoms with Crippen molar-refractivity contribution in [3.05, 3.63) is 35.7 Å². The molecule has 0 aliphatic carbocycles. The molecule has 2 amide bonds. The number of carboxylic acid groups (broad SMARTS) is 1. The monoisotopic (exact) mass is 232 g/mol. The van der Waals surface area contributed by atoms with Crippen LogP contribution in [0.4, 0.5) is 4.79 Å². The van der Waals surface area contributed by atoms with E-state index in [9.17, 15) is 9.59 Å². The summed E-state index contributed by atoms with van der Waals surface area (Å²) in [5.41, 5.74) is 2.78. The van der Waals surface area contributed by atoms with Crippen LogP contribution in [0.3, 0.4) is 0 Å². The van der Waals surface area contributed by atoms with Crippen molar-refractivity contribution in [2.75, 3.05) is 6.54 Å². The lowest BCUT2D eigenvalue weighted by Gasteiger charge is -2.22. The molecule has 0 fully saturated rings. The van der Waals surface area contributed by atoms with Crippen LogP contribution in [-0.4, -0.2) is 33.5 Å². The largest absolute Gasteiger partial charge is 0.465 e. The second-order valence-electron chi connectivity index (χ2n) is 3.88. The highest BCUT2D eigenvalue weighted by atomic mass is 16.4. The Morgan fingerprint density at radius 3 is 2.88 bits per heavy atom. The molecule has 0 bridgehead atoms. The van der Waals surface area contributed by atoms with Crippen LogP contribution in [0.5, 0.6) is 0 Å². The van der Waals surface area contributed by atoms with Gasteiger partial charge in [0.15, 0.2) is 0 Å². The van der Waals surface area contributed by atoms with Crippen LogP contribution in [0, 0.1) is 6.92 Å². The number of aromatic nitrogens is 1. The molecule has 17 heavy (non-hydrogen) atoms. The van der Waals surface area contributed by atoms with Crippen molar-refractivity contribution in [1.82, 2.24) is 9.88 Å². The van der Waals surface area contributed by atoms with Gasteiger partial charge in [-0.25, -0.2) is 9.69 Å². The third-order valence-electron chi connectivity index (χ3n) is 2.78. The van der Waals surface area contributed by atoms with Crippen LogP contribution in [-0.2, 0) is 4.79 Å². The highest BCUT2D eigenvalue weighted by molar-refractivity contribution is 6.04. The minimum Gasteiger partial charge on any atom is -0.465 e. The molecule has 0 unspecified atom stereocenters. The lowest BCUT2D eigenvalue weighted by Crippen LogP contribution is -2.38. The second-order valence-corrected chi connectivity index (χ2v) is 3.88. The first kappa shape index (κ1) is 11.3. The van der Waals surface area contributed by atoms with Gasteiger partial charge in [-0.05, 0) is 36.1 Å². The average molecular weight is 232 g/mol. The summed E-state index contributed by atoms with van der Waals surface area (Å²) in [6.07, 6.45) is 4.10. The van der Waals surface area contributed by atoms with Gasteiger partial charge in [0.1, 0.15) is 0 Å². The molecule has 1 aliphatic heterocycles. The summed E-state index contributed by atoms with van der Waals surface area (Å²) in [4.78, 5) is 27.1. The number of carbonyl (C=O) groups is 2. The van der Waals surface area contributed by atoms with Crippen molar-refractivity contribution in [2.45, 2.75) is 13.3 Å². The molecule has 1 aromatic rings. The molecule has 0 saturated carbocycles. The summed E-state index contributed by atoms with van der Waals surface area (Å²) in [6.45, 7) is 2.14. The summed E-state index contributed by atoms with van der Waals surface area (Å²) in [5.74, 6) is -0.484. The highest BCUT2D eigenvalue weighted by Crippen LogP contribution is 2.24. The Labute approximate surface area is 98.4 Å². The van der Waals surface area contributed by atoms with Crippen LogP contribution >= 0.6 is 0 Å². The van der Waals surface area contributed by atoms with Crippen LogP contribution < -0.4 is 0 Å². The summed E-state index contributed by atoms with van der Waals surface area (Å²) >= 11 is 0. The number of imide groups is 1. The predicted molar refractivity (Wildman–Crippen MR) is 61.3 cm³/mol. The van der Waals surface area contributed by atoms with Gasteiger partial charge < -0.3 is 5.11 Å². The van der Waals surface area contributed by atoms with Crippen molar-refractivity contribution >= 4 is 17.6 Å². The normalized spacial score (nSPS) is 15.7.